The van der Waals surface area contributed by atoms with Gasteiger partial charge in [0.25, 0.3) is 5.91 Å². The summed E-state index contributed by atoms with van der Waals surface area (Å²) in [5.41, 5.74) is 0.571. The quantitative estimate of drug-likeness (QED) is 0.798. The van der Waals surface area contributed by atoms with Crippen molar-refractivity contribution in [3.63, 3.8) is 0 Å². The minimum atomic E-state index is -0.978. The Labute approximate surface area is 118 Å². The summed E-state index contributed by atoms with van der Waals surface area (Å²) in [6.45, 7) is 3.77. The molecule has 0 heterocycles. The largest absolute Gasteiger partial charge is 0.481 e. The Balaban J connectivity index is 2.93. The molecule has 1 amide bonds. The van der Waals surface area contributed by atoms with Crippen LogP contribution in [0.3, 0.4) is 0 Å². The number of aryl methyl sites for hydroxylation is 1. The third-order valence-corrected chi connectivity index (χ3v) is 3.06. The maximum Gasteiger partial charge on any atom is 0.305 e. The van der Waals surface area contributed by atoms with Gasteiger partial charge in [-0.3, -0.25) is 9.59 Å². The number of ether oxygens (including phenoxy) is 1. The van der Waals surface area contributed by atoms with Crippen LogP contribution in [0.15, 0.2) is 24.3 Å². The van der Waals surface area contributed by atoms with Gasteiger partial charge in [-0.15, -0.1) is 0 Å². The van der Waals surface area contributed by atoms with Crippen LogP contribution in [0.5, 0.6) is 0 Å². The molecule has 0 fully saturated rings. The van der Waals surface area contributed by atoms with E-state index in [9.17, 15) is 9.59 Å². The molecule has 110 valence electrons. The Kier molecular flexibility index (Phi) is 5.70. The highest BCUT2D eigenvalue weighted by molar-refractivity contribution is 5.96. The Bertz CT molecular complexity index is 487. The van der Waals surface area contributed by atoms with Gasteiger partial charge in [0.05, 0.1) is 18.6 Å². The maximum absolute atomic E-state index is 12.3. The third-order valence-electron chi connectivity index (χ3n) is 3.06. The normalized spacial score (nSPS) is 13.6. The number of nitrogens with one attached hydrogen (secondary N) is 1. The summed E-state index contributed by atoms with van der Waals surface area (Å²) in [6.07, 6.45) is 0.546. The molecule has 5 heteroatoms. The van der Waals surface area contributed by atoms with Gasteiger partial charge in [-0.05, 0) is 25.0 Å². The van der Waals surface area contributed by atoms with Gasteiger partial charge in [0, 0.05) is 12.7 Å². The van der Waals surface area contributed by atoms with Gasteiger partial charge in [0.15, 0.2) is 0 Å². The fourth-order valence-corrected chi connectivity index (χ4v) is 2.18. The molecule has 1 aromatic rings. The van der Waals surface area contributed by atoms with Gasteiger partial charge >= 0.3 is 5.97 Å². The summed E-state index contributed by atoms with van der Waals surface area (Å²) in [5, 5.41) is 11.7. The van der Waals surface area contributed by atoms with Crippen LogP contribution in [0, 0.1) is 0 Å². The first-order chi connectivity index (χ1) is 9.41. The number of carbonyl (C=O) groups excluding carboxylic acids is 1. The molecule has 0 saturated carbocycles. The van der Waals surface area contributed by atoms with E-state index in [2.05, 4.69) is 5.32 Å². The van der Waals surface area contributed by atoms with E-state index in [0.29, 0.717) is 5.56 Å². The van der Waals surface area contributed by atoms with Crippen molar-refractivity contribution in [2.75, 3.05) is 13.7 Å². The van der Waals surface area contributed by atoms with Crippen molar-refractivity contribution in [3.8, 4) is 0 Å². The average molecular weight is 279 g/mol. The highest BCUT2D eigenvalue weighted by Crippen LogP contribution is 2.15. The van der Waals surface area contributed by atoms with Crippen molar-refractivity contribution in [3.05, 3.63) is 35.4 Å². The van der Waals surface area contributed by atoms with Gasteiger partial charge in [0.2, 0.25) is 0 Å². The van der Waals surface area contributed by atoms with Crippen molar-refractivity contribution >= 4 is 11.9 Å². The van der Waals surface area contributed by atoms with Crippen molar-refractivity contribution in [1.29, 1.82) is 0 Å². The molecular weight excluding hydrogens is 258 g/mol. The van der Waals surface area contributed by atoms with Crippen LogP contribution in [0.4, 0.5) is 0 Å². The van der Waals surface area contributed by atoms with Crippen LogP contribution < -0.4 is 5.32 Å². The molecule has 1 unspecified atom stereocenters. The lowest BCUT2D eigenvalue weighted by Gasteiger charge is -2.28. The van der Waals surface area contributed by atoms with Crippen LogP contribution in [-0.4, -0.2) is 36.2 Å². The molecule has 0 spiro atoms. The number of amides is 1. The van der Waals surface area contributed by atoms with E-state index in [1.165, 1.54) is 7.11 Å². The minimum absolute atomic E-state index is 0.138. The SMILES string of the molecule is CCc1ccccc1C(=O)NC(C)(COC)CC(=O)O. The fourth-order valence-electron chi connectivity index (χ4n) is 2.18. The number of hydrogen-bond donors (Lipinski definition) is 2. The van der Waals surface area contributed by atoms with E-state index in [4.69, 9.17) is 9.84 Å². The van der Waals surface area contributed by atoms with E-state index in [1.54, 1.807) is 19.1 Å². The summed E-state index contributed by atoms with van der Waals surface area (Å²) in [7, 11) is 1.48. The second-order valence-electron chi connectivity index (χ2n) is 5.03. The topological polar surface area (TPSA) is 75.6 Å². The Hall–Kier alpha value is -1.88. The van der Waals surface area contributed by atoms with Crippen molar-refractivity contribution in [2.45, 2.75) is 32.2 Å². The molecule has 0 saturated heterocycles. The Morgan fingerprint density at radius 2 is 2.00 bits per heavy atom. The van der Waals surface area contributed by atoms with E-state index >= 15 is 0 Å². The molecule has 1 aromatic carbocycles. The highest BCUT2D eigenvalue weighted by Gasteiger charge is 2.30. The van der Waals surface area contributed by atoms with Gasteiger partial charge < -0.3 is 15.2 Å². The summed E-state index contributed by atoms with van der Waals surface area (Å²) in [5.74, 6) is -1.25. The molecular formula is C15H21NO4. The number of benzene rings is 1. The van der Waals surface area contributed by atoms with Gasteiger partial charge in [0.1, 0.15) is 0 Å². The monoisotopic (exact) mass is 279 g/mol. The summed E-state index contributed by atoms with van der Waals surface area (Å²) >= 11 is 0. The third kappa shape index (κ3) is 4.35. The number of aliphatic carboxylic acids is 1. The second-order valence-corrected chi connectivity index (χ2v) is 5.03. The predicted molar refractivity (Wildman–Crippen MR) is 75.8 cm³/mol. The van der Waals surface area contributed by atoms with Crippen LogP contribution in [0.2, 0.25) is 0 Å². The average Bonchev–Trinajstić information content (AvgIpc) is 2.37. The lowest BCUT2D eigenvalue weighted by molar-refractivity contribution is -0.139. The zero-order chi connectivity index (χ0) is 15.2. The zero-order valence-corrected chi connectivity index (χ0v) is 12.1. The molecule has 0 aliphatic carbocycles. The van der Waals surface area contributed by atoms with Crippen LogP contribution in [0.25, 0.3) is 0 Å². The molecule has 0 aliphatic rings. The van der Waals surface area contributed by atoms with E-state index in [1.807, 2.05) is 19.1 Å². The molecule has 0 radical (unpaired) electrons. The standard InChI is InChI=1S/C15H21NO4/c1-4-11-7-5-6-8-12(11)14(19)16-15(2,10-20-3)9-13(17)18/h5-8H,4,9-10H2,1-3H3,(H,16,19)(H,17,18). The first-order valence-electron chi connectivity index (χ1n) is 6.53. The predicted octanol–water partition coefficient (Wildman–Crippen LogP) is 1.86. The van der Waals surface area contributed by atoms with Crippen LogP contribution in [0.1, 0.15) is 36.2 Å². The molecule has 0 aromatic heterocycles. The van der Waals surface area contributed by atoms with Crippen molar-refractivity contribution < 1.29 is 19.4 Å². The Morgan fingerprint density at radius 3 is 2.55 bits per heavy atom. The number of carbonyl (C=O) groups is 2. The fraction of sp³-hybridized carbons (Fsp3) is 0.467. The first kappa shape index (κ1) is 16.2. The summed E-state index contributed by atoms with van der Waals surface area (Å²) in [6, 6.07) is 7.29. The summed E-state index contributed by atoms with van der Waals surface area (Å²) in [4.78, 5) is 23.3. The van der Waals surface area contributed by atoms with Gasteiger partial charge in [-0.25, -0.2) is 0 Å². The number of carboxylic acids is 1. The molecule has 2 N–H and O–H groups in total. The second kappa shape index (κ2) is 7.05. The number of hydrogen-bond acceptors (Lipinski definition) is 3. The molecule has 1 atom stereocenters. The van der Waals surface area contributed by atoms with Gasteiger partial charge in [-0.2, -0.15) is 0 Å². The van der Waals surface area contributed by atoms with Crippen molar-refractivity contribution in [2.24, 2.45) is 0 Å². The zero-order valence-electron chi connectivity index (χ0n) is 12.1. The lowest BCUT2D eigenvalue weighted by Crippen LogP contribution is -2.50. The molecule has 5 nitrogen and oxygen atoms in total. The van der Waals surface area contributed by atoms with E-state index in [-0.39, 0.29) is 18.9 Å². The van der Waals surface area contributed by atoms with Gasteiger partial charge in [-0.1, -0.05) is 25.1 Å². The van der Waals surface area contributed by atoms with E-state index < -0.39 is 11.5 Å². The van der Waals surface area contributed by atoms with Crippen LogP contribution >= 0.6 is 0 Å². The number of methoxy groups -OCH3 is 1. The number of rotatable bonds is 7. The van der Waals surface area contributed by atoms with Crippen molar-refractivity contribution in [1.82, 2.24) is 5.32 Å². The van der Waals surface area contributed by atoms with E-state index in [0.717, 1.165) is 12.0 Å². The summed E-state index contributed by atoms with van der Waals surface area (Å²) < 4.78 is 5.02. The molecule has 0 bridgehead atoms. The maximum atomic E-state index is 12.3. The molecule has 0 aliphatic heterocycles. The molecule has 20 heavy (non-hydrogen) atoms. The number of carboxylic acid groups (broad SMARTS) is 1. The first-order valence-corrected chi connectivity index (χ1v) is 6.53. The molecule has 1 rings (SSSR count). The lowest BCUT2D eigenvalue weighted by atomic mass is 9.97. The highest BCUT2D eigenvalue weighted by atomic mass is 16.5. The Morgan fingerprint density at radius 1 is 1.35 bits per heavy atom. The smallest absolute Gasteiger partial charge is 0.305 e. The minimum Gasteiger partial charge on any atom is -0.481 e. The van der Waals surface area contributed by atoms with Crippen LogP contribution in [-0.2, 0) is 16.0 Å².